The fourth-order valence-electron chi connectivity index (χ4n) is 0.996. The van der Waals surface area contributed by atoms with E-state index in [1.807, 2.05) is 20.1 Å². The van der Waals surface area contributed by atoms with Gasteiger partial charge in [0.2, 0.25) is 0 Å². The van der Waals surface area contributed by atoms with E-state index in [0.29, 0.717) is 30.6 Å². The van der Waals surface area contributed by atoms with Gasteiger partial charge < -0.3 is 17.4 Å². The van der Waals surface area contributed by atoms with Crippen LogP contribution in [0.15, 0.2) is 20.2 Å². The first kappa shape index (κ1) is 22.6. The molecule has 124 valence electrons. The Morgan fingerprint density at radius 1 is 1.24 bits per heavy atom. The molecule has 0 aromatic rings. The minimum atomic E-state index is 0. The van der Waals surface area contributed by atoms with Gasteiger partial charge in [-0.2, -0.15) is 10.2 Å². The van der Waals surface area contributed by atoms with Gasteiger partial charge in [0.1, 0.15) is 5.71 Å². The Bertz CT molecular complexity index is 387. The predicted molar refractivity (Wildman–Crippen MR) is 90.9 cm³/mol. The minimum absolute atomic E-state index is 0. The molecule has 0 aromatic carbocycles. The van der Waals surface area contributed by atoms with Gasteiger partial charge in [-0.05, 0) is 25.3 Å². The quantitative estimate of drug-likeness (QED) is 0.224. The topological polar surface area (TPSA) is 82.7 Å². The van der Waals surface area contributed by atoms with Gasteiger partial charge >= 0.3 is 17.1 Å². The van der Waals surface area contributed by atoms with E-state index in [1.54, 1.807) is 13.3 Å². The third kappa shape index (κ3) is 12.8. The largest absolute Gasteiger partial charge is 1.00 e. The molecule has 0 unspecified atom stereocenters. The zero-order valence-corrected chi connectivity index (χ0v) is 15.1. The van der Waals surface area contributed by atoms with Gasteiger partial charge in [0.15, 0.2) is 5.17 Å². The van der Waals surface area contributed by atoms with Crippen LogP contribution in [0.2, 0.25) is 0 Å². The van der Waals surface area contributed by atoms with E-state index in [9.17, 15) is 0 Å². The second kappa shape index (κ2) is 15.7. The van der Waals surface area contributed by atoms with Crippen LogP contribution in [-0.2, 0) is 34.4 Å². The normalized spacial score (nSPS) is 13.2. The number of amidine groups is 2. The van der Waals surface area contributed by atoms with Gasteiger partial charge in [0.25, 0.3) is 0 Å². The van der Waals surface area contributed by atoms with E-state index in [1.165, 1.54) is 11.8 Å². The number of hydrazone groups is 2. The van der Waals surface area contributed by atoms with Gasteiger partial charge in [0.05, 0.1) is 12.8 Å². The first-order valence-corrected chi connectivity index (χ1v) is 7.71. The number of hydrogen-bond acceptors (Lipinski definition) is 7. The summed E-state index contributed by atoms with van der Waals surface area (Å²) in [6.45, 7) is 5.48. The first-order chi connectivity index (χ1) is 9.67. The van der Waals surface area contributed by atoms with E-state index in [-0.39, 0.29) is 17.1 Å². The zero-order valence-electron chi connectivity index (χ0n) is 12.5. The molecule has 0 rings (SSSR count). The summed E-state index contributed by atoms with van der Waals surface area (Å²) in [6, 6.07) is 0. The number of thioether (sulfide) groups is 1. The molecule has 0 aliphatic carbocycles. The summed E-state index contributed by atoms with van der Waals surface area (Å²) in [4.78, 5) is 8.21. The molecule has 0 aliphatic rings. The van der Waals surface area contributed by atoms with Crippen LogP contribution in [0.5, 0.6) is 0 Å². The van der Waals surface area contributed by atoms with Crippen LogP contribution in [0, 0.1) is 0 Å². The van der Waals surface area contributed by atoms with Crippen molar-refractivity contribution in [2.75, 3.05) is 33.1 Å². The third-order valence-corrected chi connectivity index (χ3v) is 2.59. The molecule has 21 heavy (non-hydrogen) atoms. The summed E-state index contributed by atoms with van der Waals surface area (Å²) in [5.74, 6) is 0. The van der Waals surface area contributed by atoms with Crippen LogP contribution in [0.4, 0.5) is 0 Å². The fourth-order valence-corrected chi connectivity index (χ4v) is 1.57. The van der Waals surface area contributed by atoms with Crippen molar-refractivity contribution >= 4 is 46.7 Å². The second-order valence-electron chi connectivity index (χ2n) is 3.28. The van der Waals surface area contributed by atoms with E-state index < -0.39 is 0 Å². The van der Waals surface area contributed by atoms with E-state index in [0.717, 1.165) is 5.17 Å². The molecule has 0 radical (unpaired) electrons. The maximum absolute atomic E-state index is 5.03. The number of rotatable bonds is 7. The van der Waals surface area contributed by atoms with Crippen LogP contribution in [0.25, 0.3) is 0 Å². The Labute approximate surface area is 146 Å². The molecular weight excluding hydrogens is 360 g/mol. The molecule has 10 heteroatoms. The summed E-state index contributed by atoms with van der Waals surface area (Å²) in [5.41, 5.74) is 6.09. The number of nitrogens with one attached hydrogen (secondary N) is 2. The van der Waals surface area contributed by atoms with Crippen molar-refractivity contribution in [3.05, 3.63) is 0 Å². The monoisotopic (exact) mass is 380 g/mol. The van der Waals surface area contributed by atoms with Crippen molar-refractivity contribution in [3.63, 3.8) is 0 Å². The Kier molecular flexibility index (Phi) is 16.9. The summed E-state index contributed by atoms with van der Waals surface area (Å²) in [5, 5.41) is 9.20. The molecule has 0 saturated heterocycles. The molecule has 0 spiro atoms. The summed E-state index contributed by atoms with van der Waals surface area (Å²) >= 11 is 6.44. The Balaban J connectivity index is 0. The Hall–Kier alpha value is -0.671. The van der Waals surface area contributed by atoms with Crippen molar-refractivity contribution < 1.29 is 21.8 Å². The van der Waals surface area contributed by atoms with Crippen molar-refractivity contribution in [2.24, 2.45) is 20.2 Å². The van der Waals surface area contributed by atoms with Crippen molar-refractivity contribution in [3.8, 4) is 0 Å². The molecule has 0 fully saturated rings. The van der Waals surface area contributed by atoms with Gasteiger partial charge in [0, 0.05) is 20.2 Å². The molecule has 2 N–H and O–H groups in total. The SMILES string of the molecule is CCN=C([S-])N/N=C(/C=N/NC(=NCC)SC)COC.[Cu+]. The molecule has 0 saturated carbocycles. The molecule has 0 aliphatic heterocycles. The van der Waals surface area contributed by atoms with E-state index >= 15 is 0 Å². The molecule has 0 atom stereocenters. The molecule has 0 amide bonds. The van der Waals surface area contributed by atoms with Crippen molar-refractivity contribution in [2.45, 2.75) is 13.8 Å². The molecular formula is C11H21CuN6OS2. The van der Waals surface area contributed by atoms with Crippen LogP contribution in [0.3, 0.4) is 0 Å². The zero-order chi connectivity index (χ0) is 15.2. The van der Waals surface area contributed by atoms with Gasteiger partial charge in [-0.25, -0.2) is 0 Å². The summed E-state index contributed by atoms with van der Waals surface area (Å²) < 4.78 is 5.03. The van der Waals surface area contributed by atoms with Crippen LogP contribution < -0.4 is 10.9 Å². The van der Waals surface area contributed by atoms with Crippen LogP contribution in [-0.4, -0.2) is 55.3 Å². The van der Waals surface area contributed by atoms with Gasteiger partial charge in [-0.3, -0.25) is 20.8 Å². The van der Waals surface area contributed by atoms with Crippen LogP contribution in [0.1, 0.15) is 13.8 Å². The standard InChI is InChI=1S/C11H22N6OS2.Cu/c1-5-12-10(19)16-15-9(8-18-3)7-14-17-11(20-4)13-6-2;/h7H,5-6,8H2,1-4H3,(H,13,17)(H2,12,16,19);/q;+1/p-1/b14-7+,15-9-;. The van der Waals surface area contributed by atoms with Gasteiger partial charge in [-0.1, -0.05) is 11.8 Å². The number of methoxy groups -OCH3 is 1. The Morgan fingerprint density at radius 2 is 1.90 bits per heavy atom. The number of aliphatic imine (C=N–C) groups is 2. The minimum Gasteiger partial charge on any atom is -0.741 e. The molecule has 0 heterocycles. The van der Waals surface area contributed by atoms with Crippen LogP contribution >= 0.6 is 11.8 Å². The van der Waals surface area contributed by atoms with Crippen molar-refractivity contribution in [1.82, 2.24) is 10.9 Å². The maximum Gasteiger partial charge on any atom is 1.00 e. The molecule has 0 bridgehead atoms. The maximum atomic E-state index is 5.03. The summed E-state index contributed by atoms with van der Waals surface area (Å²) in [6.07, 6.45) is 3.47. The number of nitrogens with zero attached hydrogens (tertiary/aromatic N) is 4. The molecule has 0 aromatic heterocycles. The first-order valence-electron chi connectivity index (χ1n) is 6.08. The fraction of sp³-hybridized carbons (Fsp3) is 0.636. The average molecular weight is 381 g/mol. The van der Waals surface area contributed by atoms with E-state index in [2.05, 4.69) is 31.0 Å². The smallest absolute Gasteiger partial charge is 0.741 e. The second-order valence-corrected chi connectivity index (χ2v) is 4.46. The van der Waals surface area contributed by atoms with Crippen molar-refractivity contribution in [1.29, 1.82) is 0 Å². The Morgan fingerprint density at radius 3 is 2.43 bits per heavy atom. The van der Waals surface area contributed by atoms with E-state index in [4.69, 9.17) is 17.4 Å². The number of hydrogen-bond donors (Lipinski definition) is 2. The number of ether oxygens (including phenoxy) is 1. The summed E-state index contributed by atoms with van der Waals surface area (Å²) in [7, 11) is 1.58. The van der Waals surface area contributed by atoms with Gasteiger partial charge in [-0.15, -0.1) is 0 Å². The molecule has 7 nitrogen and oxygen atoms in total. The third-order valence-electron chi connectivity index (χ3n) is 1.76. The average Bonchev–Trinajstić information content (AvgIpc) is 2.44. The predicted octanol–water partition coefficient (Wildman–Crippen LogP) is 0.813.